The Balaban J connectivity index is 1.60. The number of piperazine rings is 1. The molecule has 0 spiro atoms. The van der Waals surface area contributed by atoms with Crippen LogP contribution >= 0.6 is 0 Å². The molecule has 3 rings (SSSR count). The van der Waals surface area contributed by atoms with E-state index in [0.717, 1.165) is 0 Å². The van der Waals surface area contributed by atoms with Gasteiger partial charge in [0.25, 0.3) is 0 Å². The van der Waals surface area contributed by atoms with E-state index < -0.39 is 5.60 Å². The van der Waals surface area contributed by atoms with Gasteiger partial charge in [-0.2, -0.15) is 0 Å². The van der Waals surface area contributed by atoms with Crippen molar-refractivity contribution in [3.05, 3.63) is 0 Å². The fraction of sp³-hybridized carbons (Fsp3) is 0.824. The van der Waals surface area contributed by atoms with Gasteiger partial charge >= 0.3 is 18.1 Å². The molecule has 26 heavy (non-hydrogen) atoms. The number of amides is 3. The number of ether oxygens (including phenoxy) is 2. The van der Waals surface area contributed by atoms with Gasteiger partial charge in [-0.15, -0.1) is 0 Å². The summed E-state index contributed by atoms with van der Waals surface area (Å²) in [4.78, 5) is 42.0. The predicted octanol–water partition coefficient (Wildman–Crippen LogP) is 0.247. The molecule has 3 aliphatic heterocycles. The lowest BCUT2D eigenvalue weighted by atomic mass is 10.1. The maximum atomic E-state index is 12.8. The van der Waals surface area contributed by atoms with Crippen LogP contribution in [0.1, 0.15) is 27.2 Å². The smallest absolute Gasteiger partial charge is 0.410 e. The van der Waals surface area contributed by atoms with E-state index in [4.69, 9.17) is 9.47 Å². The van der Waals surface area contributed by atoms with E-state index in [1.807, 2.05) is 30.6 Å². The molecule has 3 aliphatic rings. The molecule has 9 heteroatoms. The maximum Gasteiger partial charge on any atom is 0.410 e. The van der Waals surface area contributed by atoms with Crippen LogP contribution in [-0.4, -0.2) is 96.4 Å². The van der Waals surface area contributed by atoms with Crippen molar-refractivity contribution in [1.29, 1.82) is 0 Å². The molecule has 9 nitrogen and oxygen atoms in total. The van der Waals surface area contributed by atoms with Gasteiger partial charge in [-0.25, -0.2) is 9.59 Å². The number of urea groups is 1. The minimum Gasteiger partial charge on any atom is -0.468 e. The van der Waals surface area contributed by atoms with Crippen LogP contribution in [0.4, 0.5) is 9.59 Å². The zero-order valence-electron chi connectivity index (χ0n) is 15.9. The number of esters is 1. The van der Waals surface area contributed by atoms with Gasteiger partial charge in [0.15, 0.2) is 0 Å². The molecule has 0 aromatic carbocycles. The molecule has 3 saturated heterocycles. The first-order chi connectivity index (χ1) is 12.2. The van der Waals surface area contributed by atoms with Crippen molar-refractivity contribution in [3.63, 3.8) is 0 Å². The summed E-state index contributed by atoms with van der Waals surface area (Å²) in [5, 5.41) is 3.12. The fourth-order valence-electron chi connectivity index (χ4n) is 3.81. The molecule has 3 atom stereocenters. The second-order valence-corrected chi connectivity index (χ2v) is 8.08. The molecular formula is C17H28N4O5. The van der Waals surface area contributed by atoms with Crippen LogP contribution in [0.25, 0.3) is 0 Å². The average Bonchev–Trinajstić information content (AvgIpc) is 3.17. The summed E-state index contributed by atoms with van der Waals surface area (Å²) < 4.78 is 10.2. The molecule has 3 heterocycles. The van der Waals surface area contributed by atoms with Gasteiger partial charge in [0.2, 0.25) is 0 Å². The number of carbonyl (C=O) groups excluding carboxylic acids is 3. The number of nitrogens with one attached hydrogen (secondary N) is 1. The lowest BCUT2D eigenvalue weighted by Crippen LogP contribution is -2.54. The molecular weight excluding hydrogens is 340 g/mol. The van der Waals surface area contributed by atoms with Gasteiger partial charge in [0.05, 0.1) is 13.2 Å². The van der Waals surface area contributed by atoms with Crippen LogP contribution in [0, 0.1) is 0 Å². The Morgan fingerprint density at radius 1 is 1.12 bits per heavy atom. The molecule has 3 fully saturated rings. The Hall–Kier alpha value is -2.03. The Kier molecular flexibility index (Phi) is 5.01. The van der Waals surface area contributed by atoms with Gasteiger partial charge in [-0.1, -0.05) is 0 Å². The summed E-state index contributed by atoms with van der Waals surface area (Å²) in [6.07, 6.45) is 0.214. The largest absolute Gasteiger partial charge is 0.468 e. The lowest BCUT2D eigenvalue weighted by Gasteiger charge is -2.37. The number of methoxy groups -OCH3 is 1. The van der Waals surface area contributed by atoms with E-state index in [-0.39, 0.29) is 36.2 Å². The van der Waals surface area contributed by atoms with E-state index in [9.17, 15) is 14.4 Å². The van der Waals surface area contributed by atoms with Crippen LogP contribution in [0.5, 0.6) is 0 Å². The molecule has 0 aliphatic carbocycles. The van der Waals surface area contributed by atoms with E-state index in [1.165, 1.54) is 7.11 Å². The van der Waals surface area contributed by atoms with Crippen LogP contribution < -0.4 is 5.32 Å². The number of hydrogen-bond acceptors (Lipinski definition) is 6. The van der Waals surface area contributed by atoms with Crippen molar-refractivity contribution in [3.8, 4) is 0 Å². The summed E-state index contributed by atoms with van der Waals surface area (Å²) in [5.74, 6) is -0.298. The summed E-state index contributed by atoms with van der Waals surface area (Å²) in [6, 6.07) is -0.460. The molecule has 0 aromatic heterocycles. The number of fused-ring (bicyclic) bond motifs is 1. The normalized spacial score (nSPS) is 29.0. The highest BCUT2D eigenvalue weighted by Gasteiger charge is 2.46. The first-order valence-electron chi connectivity index (χ1n) is 9.06. The van der Waals surface area contributed by atoms with Crippen molar-refractivity contribution in [2.75, 3.05) is 39.8 Å². The van der Waals surface area contributed by atoms with E-state index in [1.54, 1.807) is 4.90 Å². The molecule has 0 bridgehead atoms. The molecule has 0 aromatic rings. The van der Waals surface area contributed by atoms with Crippen molar-refractivity contribution in [1.82, 2.24) is 20.0 Å². The van der Waals surface area contributed by atoms with E-state index in [0.29, 0.717) is 39.1 Å². The van der Waals surface area contributed by atoms with Crippen LogP contribution in [0.3, 0.4) is 0 Å². The SMILES string of the molecule is COC(=O)[C@@H]1C[C@H](N2CC3CN(C(=O)OC(C)(C)C)CCN3C2=O)CN1. The van der Waals surface area contributed by atoms with Crippen LogP contribution in [-0.2, 0) is 14.3 Å². The Morgan fingerprint density at radius 2 is 1.85 bits per heavy atom. The van der Waals surface area contributed by atoms with Gasteiger partial charge in [-0.05, 0) is 27.2 Å². The standard InChI is InChI=1S/C17H28N4O5/c1-17(2,3)26-16(24)19-5-6-20-12(9-19)10-21(15(20)23)11-7-13(18-8-11)14(22)25-4/h11-13,18H,5-10H2,1-4H3/t11-,12?,13-/m0/s1. The minimum absolute atomic E-state index is 0.0174. The minimum atomic E-state index is -0.538. The predicted molar refractivity (Wildman–Crippen MR) is 92.6 cm³/mol. The molecule has 1 unspecified atom stereocenters. The van der Waals surface area contributed by atoms with Crippen molar-refractivity contribution in [2.45, 2.75) is 50.9 Å². The molecule has 3 amide bonds. The van der Waals surface area contributed by atoms with Crippen LogP contribution in [0.2, 0.25) is 0 Å². The monoisotopic (exact) mass is 368 g/mol. The third kappa shape index (κ3) is 3.72. The molecule has 1 N–H and O–H groups in total. The van der Waals surface area contributed by atoms with Gasteiger partial charge in [0.1, 0.15) is 11.6 Å². The maximum absolute atomic E-state index is 12.8. The molecule has 0 radical (unpaired) electrons. The highest BCUT2D eigenvalue weighted by molar-refractivity contribution is 5.80. The van der Waals surface area contributed by atoms with Crippen LogP contribution in [0.15, 0.2) is 0 Å². The highest BCUT2D eigenvalue weighted by Crippen LogP contribution is 2.26. The third-order valence-electron chi connectivity index (χ3n) is 5.07. The Morgan fingerprint density at radius 3 is 2.50 bits per heavy atom. The first kappa shape index (κ1) is 18.8. The number of nitrogens with zero attached hydrogens (tertiary/aromatic N) is 3. The molecule has 146 valence electrons. The number of carbonyl (C=O) groups is 3. The Labute approximate surface area is 153 Å². The summed E-state index contributed by atoms with van der Waals surface area (Å²) in [6.45, 7) is 8.09. The summed E-state index contributed by atoms with van der Waals surface area (Å²) in [7, 11) is 1.36. The molecule has 0 saturated carbocycles. The summed E-state index contributed by atoms with van der Waals surface area (Å²) >= 11 is 0. The van der Waals surface area contributed by atoms with Crippen molar-refractivity contribution < 1.29 is 23.9 Å². The van der Waals surface area contributed by atoms with Crippen molar-refractivity contribution >= 4 is 18.1 Å². The number of rotatable bonds is 2. The zero-order chi connectivity index (χ0) is 19.1. The Bertz CT molecular complexity index is 590. The topological polar surface area (TPSA) is 91.4 Å². The van der Waals surface area contributed by atoms with E-state index in [2.05, 4.69) is 5.32 Å². The first-order valence-corrected chi connectivity index (χ1v) is 9.06. The number of hydrogen-bond donors (Lipinski definition) is 1. The van der Waals surface area contributed by atoms with Crippen molar-refractivity contribution in [2.24, 2.45) is 0 Å². The average molecular weight is 368 g/mol. The van der Waals surface area contributed by atoms with E-state index >= 15 is 0 Å². The zero-order valence-corrected chi connectivity index (χ0v) is 15.9. The third-order valence-corrected chi connectivity index (χ3v) is 5.07. The highest BCUT2D eigenvalue weighted by atomic mass is 16.6. The quantitative estimate of drug-likeness (QED) is 0.703. The van der Waals surface area contributed by atoms with Gasteiger partial charge in [0, 0.05) is 38.8 Å². The van der Waals surface area contributed by atoms with Gasteiger partial charge < -0.3 is 29.5 Å². The second-order valence-electron chi connectivity index (χ2n) is 8.08. The van der Waals surface area contributed by atoms with Gasteiger partial charge in [-0.3, -0.25) is 4.79 Å². The second kappa shape index (κ2) is 6.94. The summed E-state index contributed by atoms with van der Waals surface area (Å²) in [5.41, 5.74) is -0.538. The fourth-order valence-corrected chi connectivity index (χ4v) is 3.81. The lowest BCUT2D eigenvalue weighted by molar-refractivity contribution is -0.142.